The van der Waals surface area contributed by atoms with Crippen LogP contribution in [-0.2, 0) is 9.47 Å². The standard InChI is InChI=1S/C8H9NO5/c1-11-8(10)6-2-7(9-14-6)13-4-5-3-12-5/h2,5H,3-4H2,1H3/t5-/m1/s1. The molecule has 1 atom stereocenters. The van der Waals surface area contributed by atoms with E-state index >= 15 is 0 Å². The van der Waals surface area contributed by atoms with Crippen molar-refractivity contribution in [1.29, 1.82) is 0 Å². The van der Waals surface area contributed by atoms with Crippen LogP contribution < -0.4 is 4.74 Å². The van der Waals surface area contributed by atoms with Gasteiger partial charge in [0.05, 0.1) is 19.8 Å². The van der Waals surface area contributed by atoms with Crippen molar-refractivity contribution in [3.8, 4) is 5.88 Å². The van der Waals surface area contributed by atoms with E-state index in [1.165, 1.54) is 13.2 Å². The molecule has 1 saturated heterocycles. The smallest absolute Gasteiger partial charge is 0.377 e. The Labute approximate surface area is 79.7 Å². The molecule has 2 rings (SSSR count). The minimum absolute atomic E-state index is 0.0271. The lowest BCUT2D eigenvalue weighted by Gasteiger charge is -1.95. The molecule has 6 nitrogen and oxygen atoms in total. The third kappa shape index (κ3) is 2.02. The second-order valence-corrected chi connectivity index (χ2v) is 2.79. The number of esters is 1. The van der Waals surface area contributed by atoms with Crippen LogP contribution in [0.5, 0.6) is 5.88 Å². The zero-order valence-electron chi connectivity index (χ0n) is 7.56. The number of rotatable bonds is 4. The summed E-state index contributed by atoms with van der Waals surface area (Å²) < 4.78 is 19.2. The van der Waals surface area contributed by atoms with E-state index in [2.05, 4.69) is 14.4 Å². The maximum atomic E-state index is 10.9. The van der Waals surface area contributed by atoms with E-state index in [9.17, 15) is 4.79 Å². The van der Waals surface area contributed by atoms with Crippen LogP contribution in [0, 0.1) is 0 Å². The topological polar surface area (TPSA) is 74.1 Å². The number of aromatic nitrogens is 1. The molecule has 0 amide bonds. The van der Waals surface area contributed by atoms with Gasteiger partial charge in [0.1, 0.15) is 12.7 Å². The third-order valence-corrected chi connectivity index (χ3v) is 1.69. The molecule has 0 aromatic carbocycles. The molecule has 0 radical (unpaired) electrons. The molecule has 0 aliphatic carbocycles. The van der Waals surface area contributed by atoms with Crippen LogP contribution in [-0.4, -0.2) is 37.6 Å². The van der Waals surface area contributed by atoms with Gasteiger partial charge in [-0.15, -0.1) is 0 Å². The highest BCUT2D eigenvalue weighted by Crippen LogP contribution is 2.15. The number of hydrogen-bond acceptors (Lipinski definition) is 6. The maximum absolute atomic E-state index is 10.9. The average molecular weight is 199 g/mol. The van der Waals surface area contributed by atoms with Gasteiger partial charge in [0.2, 0.25) is 5.76 Å². The van der Waals surface area contributed by atoms with E-state index in [0.717, 1.165) is 0 Å². The summed E-state index contributed by atoms with van der Waals surface area (Å²) in [5.41, 5.74) is 0. The van der Waals surface area contributed by atoms with Gasteiger partial charge in [-0.1, -0.05) is 0 Å². The molecule has 76 valence electrons. The molecule has 14 heavy (non-hydrogen) atoms. The molecular weight excluding hydrogens is 190 g/mol. The number of hydrogen-bond donors (Lipinski definition) is 0. The molecular formula is C8H9NO5. The first kappa shape index (κ1) is 9.01. The number of epoxide rings is 1. The first-order valence-electron chi connectivity index (χ1n) is 4.09. The average Bonchev–Trinajstić information content (AvgIpc) is 2.92. The zero-order valence-corrected chi connectivity index (χ0v) is 7.56. The van der Waals surface area contributed by atoms with Crippen molar-refractivity contribution >= 4 is 5.97 Å². The lowest BCUT2D eigenvalue weighted by atomic mass is 10.4. The van der Waals surface area contributed by atoms with Gasteiger partial charge in [0.15, 0.2) is 0 Å². The highest BCUT2D eigenvalue weighted by atomic mass is 16.6. The molecule has 1 aliphatic rings. The van der Waals surface area contributed by atoms with E-state index < -0.39 is 5.97 Å². The van der Waals surface area contributed by atoms with Crippen molar-refractivity contribution in [2.24, 2.45) is 0 Å². The predicted molar refractivity (Wildman–Crippen MR) is 43.1 cm³/mol. The fourth-order valence-electron chi connectivity index (χ4n) is 0.866. The molecule has 1 fully saturated rings. The lowest BCUT2D eigenvalue weighted by Crippen LogP contribution is -2.04. The Morgan fingerprint density at radius 3 is 3.21 bits per heavy atom. The lowest BCUT2D eigenvalue weighted by molar-refractivity contribution is 0.0554. The van der Waals surface area contributed by atoms with E-state index in [1.54, 1.807) is 0 Å². The summed E-state index contributed by atoms with van der Waals surface area (Å²) in [5.74, 6) is -0.282. The summed E-state index contributed by atoms with van der Waals surface area (Å²) >= 11 is 0. The Balaban J connectivity index is 1.91. The molecule has 0 bridgehead atoms. The van der Waals surface area contributed by atoms with Crippen molar-refractivity contribution in [2.75, 3.05) is 20.3 Å². The molecule has 6 heteroatoms. The molecule has 1 aromatic heterocycles. The second-order valence-electron chi connectivity index (χ2n) is 2.79. The van der Waals surface area contributed by atoms with Crippen LogP contribution in [0.15, 0.2) is 10.6 Å². The number of methoxy groups -OCH3 is 1. The largest absolute Gasteiger partial charge is 0.473 e. The van der Waals surface area contributed by atoms with Gasteiger partial charge in [-0.05, 0) is 5.16 Å². The Morgan fingerprint density at radius 1 is 1.79 bits per heavy atom. The Bertz CT molecular complexity index is 330. The van der Waals surface area contributed by atoms with Crippen LogP contribution in [0.25, 0.3) is 0 Å². The van der Waals surface area contributed by atoms with Gasteiger partial charge in [-0.25, -0.2) is 4.79 Å². The van der Waals surface area contributed by atoms with E-state index in [-0.39, 0.29) is 17.7 Å². The fraction of sp³-hybridized carbons (Fsp3) is 0.500. The summed E-state index contributed by atoms with van der Waals surface area (Å²) in [6, 6.07) is 1.38. The van der Waals surface area contributed by atoms with Gasteiger partial charge in [-0.2, -0.15) is 0 Å². The number of carbonyl (C=O) groups is 1. The van der Waals surface area contributed by atoms with E-state index in [4.69, 9.17) is 9.47 Å². The second kappa shape index (κ2) is 3.67. The van der Waals surface area contributed by atoms with Crippen molar-refractivity contribution in [1.82, 2.24) is 5.16 Å². The molecule has 0 saturated carbocycles. The van der Waals surface area contributed by atoms with Gasteiger partial charge < -0.3 is 18.7 Å². The summed E-state index contributed by atoms with van der Waals surface area (Å²) in [6.45, 7) is 1.13. The zero-order chi connectivity index (χ0) is 9.97. The predicted octanol–water partition coefficient (Wildman–Crippen LogP) is 0.239. The van der Waals surface area contributed by atoms with Crippen LogP contribution >= 0.6 is 0 Å². The Morgan fingerprint density at radius 2 is 2.57 bits per heavy atom. The first-order valence-corrected chi connectivity index (χ1v) is 4.09. The van der Waals surface area contributed by atoms with Gasteiger partial charge in [0.25, 0.3) is 5.88 Å². The monoisotopic (exact) mass is 199 g/mol. The van der Waals surface area contributed by atoms with E-state index in [0.29, 0.717) is 13.2 Å². The van der Waals surface area contributed by atoms with Crippen LogP contribution in [0.4, 0.5) is 0 Å². The third-order valence-electron chi connectivity index (χ3n) is 1.69. The molecule has 1 aromatic rings. The molecule has 0 spiro atoms. The summed E-state index contributed by atoms with van der Waals surface area (Å²) in [5, 5.41) is 3.53. The molecule has 1 aliphatic heterocycles. The Hall–Kier alpha value is -1.56. The van der Waals surface area contributed by atoms with Crippen molar-refractivity contribution < 1.29 is 23.5 Å². The summed E-state index contributed by atoms with van der Waals surface area (Å²) in [6.07, 6.45) is 0.147. The summed E-state index contributed by atoms with van der Waals surface area (Å²) in [4.78, 5) is 10.9. The highest BCUT2D eigenvalue weighted by Gasteiger charge is 2.24. The molecule has 2 heterocycles. The first-order chi connectivity index (χ1) is 6.79. The number of ether oxygens (including phenoxy) is 3. The van der Waals surface area contributed by atoms with Crippen LogP contribution in [0.2, 0.25) is 0 Å². The van der Waals surface area contributed by atoms with Crippen LogP contribution in [0.1, 0.15) is 10.6 Å². The minimum Gasteiger partial charge on any atom is -0.473 e. The number of carbonyl (C=O) groups excluding carboxylic acids is 1. The van der Waals surface area contributed by atoms with E-state index in [1.807, 2.05) is 0 Å². The number of nitrogens with zero attached hydrogens (tertiary/aromatic N) is 1. The SMILES string of the molecule is COC(=O)c1cc(OC[C@H]2CO2)no1. The minimum atomic E-state index is -0.574. The van der Waals surface area contributed by atoms with Gasteiger partial charge in [0, 0.05) is 0 Å². The van der Waals surface area contributed by atoms with Gasteiger partial charge >= 0.3 is 5.97 Å². The highest BCUT2D eigenvalue weighted by molar-refractivity contribution is 5.86. The molecule has 0 unspecified atom stereocenters. The quantitative estimate of drug-likeness (QED) is 0.510. The van der Waals surface area contributed by atoms with Crippen molar-refractivity contribution in [3.05, 3.63) is 11.8 Å². The van der Waals surface area contributed by atoms with Crippen LogP contribution in [0.3, 0.4) is 0 Å². The maximum Gasteiger partial charge on any atom is 0.377 e. The Kier molecular flexibility index (Phi) is 2.36. The normalized spacial score (nSPS) is 19.1. The van der Waals surface area contributed by atoms with Crippen molar-refractivity contribution in [3.63, 3.8) is 0 Å². The summed E-state index contributed by atoms with van der Waals surface area (Å²) in [7, 11) is 1.27. The van der Waals surface area contributed by atoms with Crippen molar-refractivity contribution in [2.45, 2.75) is 6.10 Å². The fourth-order valence-corrected chi connectivity index (χ4v) is 0.866. The van der Waals surface area contributed by atoms with Gasteiger partial charge in [-0.3, -0.25) is 0 Å². The molecule has 0 N–H and O–H groups in total.